The molecule has 21 heavy (non-hydrogen) atoms. The molecule has 0 unspecified atom stereocenters. The second-order valence-electron chi connectivity index (χ2n) is 5.06. The van der Waals surface area contributed by atoms with E-state index in [-0.39, 0.29) is 18.1 Å². The van der Waals surface area contributed by atoms with Crippen molar-refractivity contribution in [1.29, 1.82) is 0 Å². The Morgan fingerprint density at radius 3 is 2.71 bits per heavy atom. The van der Waals surface area contributed by atoms with E-state index in [9.17, 15) is 0 Å². The lowest BCUT2D eigenvalue weighted by atomic mass is 10.2. The van der Waals surface area contributed by atoms with E-state index >= 15 is 0 Å². The van der Waals surface area contributed by atoms with Crippen molar-refractivity contribution in [1.82, 2.24) is 19.9 Å². The largest absolute Gasteiger partial charge is 0.475 e. The molecule has 0 spiro atoms. The number of nitrogens with two attached hydrogens (primary N) is 1. The molecule has 0 saturated carbocycles. The third kappa shape index (κ3) is 4.87. The van der Waals surface area contributed by atoms with E-state index in [1.54, 1.807) is 24.7 Å². The Hall–Kier alpha value is -2.44. The zero-order valence-corrected chi connectivity index (χ0v) is 12.4. The van der Waals surface area contributed by atoms with Gasteiger partial charge >= 0.3 is 0 Å². The number of hydrogen-bond acceptors (Lipinski definition) is 7. The molecule has 7 nitrogen and oxygen atoms in total. The number of nitrogens with one attached hydrogen (secondary N) is 1. The molecule has 0 bridgehead atoms. The fourth-order valence-electron chi connectivity index (χ4n) is 1.87. The van der Waals surface area contributed by atoms with Crippen molar-refractivity contribution >= 4 is 11.8 Å². The van der Waals surface area contributed by atoms with Gasteiger partial charge in [0.15, 0.2) is 0 Å². The number of anilines is 2. The average Bonchev–Trinajstić information content (AvgIpc) is 2.37. The number of rotatable bonds is 6. The first-order valence-electron chi connectivity index (χ1n) is 6.85. The number of hydrogen-bond donors (Lipinski definition) is 2. The van der Waals surface area contributed by atoms with Crippen LogP contribution in [0.15, 0.2) is 24.7 Å². The van der Waals surface area contributed by atoms with Crippen molar-refractivity contribution in [3.8, 4) is 5.88 Å². The maximum absolute atomic E-state index is 5.70. The van der Waals surface area contributed by atoms with Gasteiger partial charge in [0.2, 0.25) is 11.8 Å². The molecule has 0 aliphatic carbocycles. The number of nitrogens with zero attached hydrogens (tertiary/aromatic N) is 4. The Bertz CT molecular complexity index is 575. The van der Waals surface area contributed by atoms with Gasteiger partial charge in [0.25, 0.3) is 0 Å². The van der Waals surface area contributed by atoms with Crippen molar-refractivity contribution < 1.29 is 4.74 Å². The number of ether oxygens (including phenoxy) is 1. The minimum atomic E-state index is 0.0316. The summed E-state index contributed by atoms with van der Waals surface area (Å²) in [6.45, 7) is 5.90. The summed E-state index contributed by atoms with van der Waals surface area (Å²) >= 11 is 0. The highest BCUT2D eigenvalue weighted by molar-refractivity contribution is 5.43. The van der Waals surface area contributed by atoms with Gasteiger partial charge < -0.3 is 15.8 Å². The molecule has 2 aromatic heterocycles. The monoisotopic (exact) mass is 288 g/mol. The molecule has 0 fully saturated rings. The average molecular weight is 288 g/mol. The number of aromatic nitrogens is 4. The molecular weight excluding hydrogens is 268 g/mol. The van der Waals surface area contributed by atoms with Crippen LogP contribution in [0, 0.1) is 0 Å². The first-order valence-corrected chi connectivity index (χ1v) is 6.85. The maximum atomic E-state index is 5.70. The molecular formula is C14H20N6O. The summed E-state index contributed by atoms with van der Waals surface area (Å²) in [5.41, 5.74) is 6.61. The summed E-state index contributed by atoms with van der Waals surface area (Å²) in [4.78, 5) is 16.5. The highest BCUT2D eigenvalue weighted by atomic mass is 16.5. The van der Waals surface area contributed by atoms with Crippen molar-refractivity contribution in [2.45, 2.75) is 39.3 Å². The summed E-state index contributed by atoms with van der Waals surface area (Å²) in [6, 6.07) is 1.87. The zero-order valence-electron chi connectivity index (χ0n) is 12.4. The maximum Gasteiger partial charge on any atom is 0.225 e. The van der Waals surface area contributed by atoms with E-state index in [1.807, 2.05) is 20.8 Å². The normalized spacial score (nSPS) is 12.2. The summed E-state index contributed by atoms with van der Waals surface area (Å²) in [7, 11) is 0. The van der Waals surface area contributed by atoms with Gasteiger partial charge in [-0.05, 0) is 20.8 Å². The van der Waals surface area contributed by atoms with Crippen LogP contribution in [0.5, 0.6) is 5.88 Å². The van der Waals surface area contributed by atoms with Crippen LogP contribution in [0.3, 0.4) is 0 Å². The summed E-state index contributed by atoms with van der Waals surface area (Å²) in [5, 5.41) is 3.27. The second-order valence-corrected chi connectivity index (χ2v) is 5.06. The Kier molecular flexibility index (Phi) is 4.86. The molecule has 2 aromatic rings. The van der Waals surface area contributed by atoms with Gasteiger partial charge in [-0.15, -0.1) is 0 Å². The third-order valence-corrected chi connectivity index (χ3v) is 2.60. The smallest absolute Gasteiger partial charge is 0.225 e. The predicted octanol–water partition coefficient (Wildman–Crippen LogP) is 1.68. The van der Waals surface area contributed by atoms with Gasteiger partial charge in [0.1, 0.15) is 5.82 Å². The lowest BCUT2D eigenvalue weighted by Crippen LogP contribution is -2.20. The van der Waals surface area contributed by atoms with Crippen LogP contribution in [-0.4, -0.2) is 32.1 Å². The highest BCUT2D eigenvalue weighted by Gasteiger charge is 2.09. The Labute approximate surface area is 124 Å². The van der Waals surface area contributed by atoms with Crippen LogP contribution < -0.4 is 15.8 Å². The van der Waals surface area contributed by atoms with E-state index < -0.39 is 0 Å². The van der Waals surface area contributed by atoms with Crippen LogP contribution in [0.25, 0.3) is 0 Å². The van der Waals surface area contributed by atoms with Crippen LogP contribution in [0.1, 0.15) is 26.5 Å². The van der Waals surface area contributed by atoms with Crippen molar-refractivity contribution in [3.05, 3.63) is 30.4 Å². The molecule has 0 aliphatic heterocycles. The van der Waals surface area contributed by atoms with E-state index in [4.69, 9.17) is 10.5 Å². The zero-order chi connectivity index (χ0) is 15.2. The van der Waals surface area contributed by atoms with Crippen LogP contribution in [0.2, 0.25) is 0 Å². The molecule has 112 valence electrons. The van der Waals surface area contributed by atoms with E-state index in [0.717, 1.165) is 12.1 Å². The molecule has 2 heterocycles. The van der Waals surface area contributed by atoms with Crippen molar-refractivity contribution in [2.24, 2.45) is 0 Å². The fraction of sp³-hybridized carbons (Fsp3) is 0.429. The molecule has 7 heteroatoms. The van der Waals surface area contributed by atoms with Gasteiger partial charge in [-0.3, -0.25) is 9.97 Å². The SMILES string of the molecule is CC(C)Oc1cc(N[C@@H](C)Cc2cnccn2)nc(N)n1. The van der Waals surface area contributed by atoms with Crippen LogP contribution >= 0.6 is 0 Å². The van der Waals surface area contributed by atoms with Gasteiger partial charge in [-0.2, -0.15) is 9.97 Å². The van der Waals surface area contributed by atoms with E-state index in [0.29, 0.717) is 11.7 Å². The molecule has 0 amide bonds. The van der Waals surface area contributed by atoms with E-state index in [1.165, 1.54) is 0 Å². The van der Waals surface area contributed by atoms with Gasteiger partial charge in [-0.25, -0.2) is 0 Å². The fourth-order valence-corrected chi connectivity index (χ4v) is 1.87. The van der Waals surface area contributed by atoms with Gasteiger partial charge in [0, 0.05) is 37.1 Å². The first-order chi connectivity index (χ1) is 10.0. The quantitative estimate of drug-likeness (QED) is 0.834. The molecule has 0 aromatic carbocycles. The summed E-state index contributed by atoms with van der Waals surface area (Å²) in [5.74, 6) is 1.28. The Balaban J connectivity index is 2.03. The number of nitrogen functional groups attached to an aromatic ring is 1. The third-order valence-electron chi connectivity index (χ3n) is 2.60. The van der Waals surface area contributed by atoms with Crippen LogP contribution in [-0.2, 0) is 6.42 Å². The predicted molar refractivity (Wildman–Crippen MR) is 81.0 cm³/mol. The van der Waals surface area contributed by atoms with Gasteiger partial charge in [0.05, 0.1) is 11.8 Å². The first kappa shape index (κ1) is 15.0. The van der Waals surface area contributed by atoms with Gasteiger partial charge in [-0.1, -0.05) is 0 Å². The highest BCUT2D eigenvalue weighted by Crippen LogP contribution is 2.17. The van der Waals surface area contributed by atoms with Crippen molar-refractivity contribution in [2.75, 3.05) is 11.1 Å². The van der Waals surface area contributed by atoms with E-state index in [2.05, 4.69) is 25.3 Å². The Morgan fingerprint density at radius 1 is 1.24 bits per heavy atom. The molecule has 3 N–H and O–H groups in total. The second kappa shape index (κ2) is 6.83. The minimum absolute atomic E-state index is 0.0316. The molecule has 0 aliphatic rings. The Morgan fingerprint density at radius 2 is 2.05 bits per heavy atom. The summed E-state index contributed by atoms with van der Waals surface area (Å²) < 4.78 is 5.54. The molecule has 0 saturated heterocycles. The van der Waals surface area contributed by atoms with Crippen molar-refractivity contribution in [3.63, 3.8) is 0 Å². The lowest BCUT2D eigenvalue weighted by Gasteiger charge is -2.15. The summed E-state index contributed by atoms with van der Waals surface area (Å²) in [6.07, 6.45) is 5.85. The standard InChI is InChI=1S/C14H20N6O/c1-9(2)21-13-7-12(19-14(15)20-13)18-10(3)6-11-8-16-4-5-17-11/h4-5,7-10H,6H2,1-3H3,(H3,15,18,19,20)/t10-/m0/s1. The molecule has 0 radical (unpaired) electrons. The minimum Gasteiger partial charge on any atom is -0.475 e. The molecule has 2 rings (SSSR count). The lowest BCUT2D eigenvalue weighted by molar-refractivity contribution is 0.233. The molecule has 1 atom stereocenters. The topological polar surface area (TPSA) is 98.8 Å². The van der Waals surface area contributed by atoms with Crippen LogP contribution in [0.4, 0.5) is 11.8 Å².